The molecule has 4 rings (SSSR count). The smallest absolute Gasteiger partial charge is 0.316 e. The second-order valence-corrected chi connectivity index (χ2v) is 9.36. The first-order chi connectivity index (χ1) is 14.6. The Bertz CT molecular complexity index is 1210. The molecule has 0 spiro atoms. The summed E-state index contributed by atoms with van der Waals surface area (Å²) in [5.74, 6) is -0.0612. The molecule has 0 saturated heterocycles. The van der Waals surface area contributed by atoms with Crippen LogP contribution in [0.4, 0.5) is 0 Å². The summed E-state index contributed by atoms with van der Waals surface area (Å²) in [6, 6.07) is 9.27. The summed E-state index contributed by atoms with van der Waals surface area (Å²) in [4.78, 5) is 32.5. The van der Waals surface area contributed by atoms with Gasteiger partial charge in [-0.05, 0) is 43.4 Å². The van der Waals surface area contributed by atoms with E-state index in [4.69, 9.17) is 16.3 Å². The van der Waals surface area contributed by atoms with Crippen molar-refractivity contribution in [2.24, 2.45) is 0 Å². The highest BCUT2D eigenvalue weighted by atomic mass is 35.5. The van der Waals surface area contributed by atoms with Crippen LogP contribution in [0.3, 0.4) is 0 Å². The molecule has 3 aromatic rings. The Balaban J connectivity index is 1.54. The Morgan fingerprint density at radius 1 is 1.33 bits per heavy atom. The lowest BCUT2D eigenvalue weighted by molar-refractivity contribution is -0.142. The molecule has 1 aliphatic rings. The monoisotopic (exact) mass is 459 g/mol. The molecule has 0 fully saturated rings. The molecule has 6 nitrogen and oxygen atoms in total. The third-order valence-corrected chi connectivity index (χ3v) is 7.60. The number of carbonyl (C=O) groups excluding carboxylic acids is 1. The quantitative estimate of drug-likeness (QED) is 0.402. The number of hydrogen-bond donors (Lipinski definition) is 0. The number of carbonyl (C=O) groups is 1. The second-order valence-electron chi connectivity index (χ2n) is 6.85. The van der Waals surface area contributed by atoms with E-state index in [9.17, 15) is 14.9 Å². The third-order valence-electron chi connectivity index (χ3n) is 4.93. The minimum Gasteiger partial charge on any atom is -0.457 e. The van der Waals surface area contributed by atoms with Crippen molar-refractivity contribution in [1.29, 1.82) is 5.26 Å². The van der Waals surface area contributed by atoms with E-state index in [1.807, 2.05) is 24.3 Å². The number of halogens is 1. The molecule has 1 aromatic carbocycles. The van der Waals surface area contributed by atoms with Crippen molar-refractivity contribution in [3.8, 4) is 6.07 Å². The van der Waals surface area contributed by atoms with Crippen molar-refractivity contribution in [1.82, 2.24) is 9.55 Å². The van der Waals surface area contributed by atoms with Gasteiger partial charge in [0.2, 0.25) is 0 Å². The lowest BCUT2D eigenvalue weighted by atomic mass is 9.97. The van der Waals surface area contributed by atoms with Gasteiger partial charge in [0.05, 0.1) is 22.2 Å². The number of aryl methyl sites for hydroxylation is 2. The highest BCUT2D eigenvalue weighted by Gasteiger charge is 2.22. The van der Waals surface area contributed by atoms with Gasteiger partial charge in [-0.15, -0.1) is 23.1 Å². The van der Waals surface area contributed by atoms with Gasteiger partial charge >= 0.3 is 5.97 Å². The molecular weight excluding hydrogens is 442 g/mol. The summed E-state index contributed by atoms with van der Waals surface area (Å²) in [6.45, 7) is -0.287. The van der Waals surface area contributed by atoms with E-state index in [-0.39, 0.29) is 24.5 Å². The zero-order valence-corrected chi connectivity index (χ0v) is 18.4. The van der Waals surface area contributed by atoms with Crippen molar-refractivity contribution in [2.75, 3.05) is 5.75 Å². The van der Waals surface area contributed by atoms with Crippen LogP contribution in [-0.4, -0.2) is 21.3 Å². The predicted octanol–water partition coefficient (Wildman–Crippen LogP) is 4.35. The highest BCUT2D eigenvalue weighted by Crippen LogP contribution is 2.34. The number of thioether (sulfide) groups is 1. The molecule has 0 saturated carbocycles. The molecule has 1 aliphatic carbocycles. The van der Waals surface area contributed by atoms with Crippen LogP contribution >= 0.6 is 34.7 Å². The van der Waals surface area contributed by atoms with Gasteiger partial charge in [-0.3, -0.25) is 14.2 Å². The molecule has 0 amide bonds. The molecule has 0 atom stereocenters. The molecule has 0 aliphatic heterocycles. The van der Waals surface area contributed by atoms with Crippen LogP contribution in [0.25, 0.3) is 10.2 Å². The number of hydrogen-bond acceptors (Lipinski definition) is 7. The van der Waals surface area contributed by atoms with Gasteiger partial charge < -0.3 is 4.74 Å². The molecule has 0 N–H and O–H groups in total. The number of fused-ring (bicyclic) bond motifs is 3. The van der Waals surface area contributed by atoms with Gasteiger partial charge in [0, 0.05) is 9.77 Å². The number of ether oxygens (including phenoxy) is 1. The molecule has 2 heterocycles. The molecule has 0 unspecified atom stereocenters. The first-order valence-electron chi connectivity index (χ1n) is 9.52. The summed E-state index contributed by atoms with van der Waals surface area (Å²) in [6.07, 6.45) is 3.99. The molecule has 154 valence electrons. The SMILES string of the molecule is N#CCn1c(COC(=O)CSc2ccccc2Cl)nc2sc3c(c2c1=O)CCCC3. The zero-order chi connectivity index (χ0) is 21.1. The van der Waals surface area contributed by atoms with Gasteiger partial charge in [-0.1, -0.05) is 23.7 Å². The number of benzene rings is 1. The fraction of sp³-hybridized carbons (Fsp3) is 0.333. The van der Waals surface area contributed by atoms with E-state index in [0.29, 0.717) is 21.1 Å². The lowest BCUT2D eigenvalue weighted by Gasteiger charge is -2.12. The fourth-order valence-electron chi connectivity index (χ4n) is 3.51. The maximum absolute atomic E-state index is 13.1. The number of nitriles is 1. The largest absolute Gasteiger partial charge is 0.457 e. The Morgan fingerprint density at radius 2 is 2.13 bits per heavy atom. The lowest BCUT2D eigenvalue weighted by Crippen LogP contribution is -2.26. The Hall–Kier alpha value is -2.34. The summed E-state index contributed by atoms with van der Waals surface area (Å²) < 4.78 is 6.67. The van der Waals surface area contributed by atoms with Gasteiger partial charge in [0.25, 0.3) is 5.56 Å². The van der Waals surface area contributed by atoms with Crippen molar-refractivity contribution in [2.45, 2.75) is 43.7 Å². The first kappa shape index (κ1) is 20.9. The van der Waals surface area contributed by atoms with Crippen LogP contribution in [0, 0.1) is 11.3 Å². The van der Waals surface area contributed by atoms with Crippen molar-refractivity contribution >= 4 is 50.9 Å². The minimum atomic E-state index is -0.441. The van der Waals surface area contributed by atoms with E-state index in [1.54, 1.807) is 6.07 Å². The Labute approximate surface area is 186 Å². The maximum atomic E-state index is 13.1. The molecule has 30 heavy (non-hydrogen) atoms. The van der Waals surface area contributed by atoms with Crippen LogP contribution in [0.15, 0.2) is 34.0 Å². The Morgan fingerprint density at radius 3 is 2.93 bits per heavy atom. The van der Waals surface area contributed by atoms with Crippen LogP contribution in [0.2, 0.25) is 5.02 Å². The van der Waals surface area contributed by atoms with Crippen LogP contribution < -0.4 is 5.56 Å². The fourth-order valence-corrected chi connectivity index (χ4v) is 5.82. The first-order valence-corrected chi connectivity index (χ1v) is 11.7. The van der Waals surface area contributed by atoms with Crippen molar-refractivity contribution < 1.29 is 9.53 Å². The van der Waals surface area contributed by atoms with Gasteiger partial charge in [0.1, 0.15) is 18.0 Å². The predicted molar refractivity (Wildman–Crippen MR) is 118 cm³/mol. The standard InChI is InChI=1S/C21H18ClN3O3S2/c22-14-6-2-4-8-16(14)29-12-18(26)28-11-17-24-20-19(21(27)25(17)10-9-23)13-5-1-3-7-15(13)30-20/h2,4,6,8H,1,3,5,7,10-12H2. The number of nitrogens with zero attached hydrogens (tertiary/aromatic N) is 3. The number of aromatic nitrogens is 2. The topological polar surface area (TPSA) is 85.0 Å². The van der Waals surface area contributed by atoms with E-state index in [1.165, 1.54) is 32.5 Å². The summed E-state index contributed by atoms with van der Waals surface area (Å²) in [7, 11) is 0. The van der Waals surface area contributed by atoms with Crippen molar-refractivity contribution in [3.63, 3.8) is 0 Å². The van der Waals surface area contributed by atoms with Crippen LogP contribution in [0.5, 0.6) is 0 Å². The van der Waals surface area contributed by atoms with E-state index >= 15 is 0 Å². The average molecular weight is 460 g/mol. The maximum Gasteiger partial charge on any atom is 0.316 e. The van der Waals surface area contributed by atoms with Crippen LogP contribution in [-0.2, 0) is 35.5 Å². The van der Waals surface area contributed by atoms with E-state index in [0.717, 1.165) is 36.1 Å². The number of rotatable bonds is 6. The summed E-state index contributed by atoms with van der Waals surface area (Å²) in [5, 5.41) is 10.4. The highest BCUT2D eigenvalue weighted by molar-refractivity contribution is 8.00. The molecule has 0 bridgehead atoms. The molecule has 2 aromatic heterocycles. The van der Waals surface area contributed by atoms with Gasteiger partial charge in [-0.2, -0.15) is 5.26 Å². The molecule has 0 radical (unpaired) electrons. The third kappa shape index (κ3) is 4.24. The summed E-state index contributed by atoms with van der Waals surface area (Å²) in [5.41, 5.74) is 0.850. The van der Waals surface area contributed by atoms with Gasteiger partial charge in [0.15, 0.2) is 5.82 Å². The summed E-state index contributed by atoms with van der Waals surface area (Å²) >= 11 is 8.92. The Kier molecular flexibility index (Phi) is 6.42. The minimum absolute atomic E-state index is 0.0851. The van der Waals surface area contributed by atoms with Crippen LogP contribution in [0.1, 0.15) is 29.1 Å². The number of esters is 1. The van der Waals surface area contributed by atoms with E-state index < -0.39 is 5.97 Å². The normalized spacial score (nSPS) is 13.1. The van der Waals surface area contributed by atoms with E-state index in [2.05, 4.69) is 4.98 Å². The molecular formula is C21H18ClN3O3S2. The number of thiophene rings is 1. The average Bonchev–Trinajstić information content (AvgIpc) is 3.12. The van der Waals surface area contributed by atoms with Crippen molar-refractivity contribution in [3.05, 3.63) is 55.9 Å². The zero-order valence-electron chi connectivity index (χ0n) is 16.0. The van der Waals surface area contributed by atoms with Gasteiger partial charge in [-0.25, -0.2) is 4.98 Å². The molecule has 9 heteroatoms. The second kappa shape index (κ2) is 9.21.